The number of aliphatic hydroxyl groups is 1. The van der Waals surface area contributed by atoms with Gasteiger partial charge in [0.05, 0.1) is 78.6 Å². The topological polar surface area (TPSA) is 173 Å². The highest BCUT2D eigenvalue weighted by atomic mass is 16.6. The number of aliphatic hydroxyl groups excluding tert-OH is 1. The van der Waals surface area contributed by atoms with Gasteiger partial charge in [0.25, 0.3) is 0 Å². The fourth-order valence-electron chi connectivity index (χ4n) is 8.77. The van der Waals surface area contributed by atoms with Crippen LogP contribution in [0.5, 0.6) is 0 Å². The molecular weight excluding hydrogens is 736 g/mol. The Hall–Kier alpha value is -2.32. The van der Waals surface area contributed by atoms with Gasteiger partial charge >= 0.3 is 23.9 Å². The minimum absolute atomic E-state index is 0.0283. The highest BCUT2D eigenvalue weighted by Crippen LogP contribution is 2.35. The molecule has 4 heterocycles. The number of hydrogen-bond acceptors (Lipinski definition) is 12. The van der Waals surface area contributed by atoms with Gasteiger partial charge in [-0.2, -0.15) is 0 Å². The highest BCUT2D eigenvalue weighted by Gasteiger charge is 2.40. The third kappa shape index (κ3) is 13.9. The summed E-state index contributed by atoms with van der Waals surface area (Å²) >= 11 is 0. The second kappa shape index (κ2) is 22.9. The van der Waals surface area contributed by atoms with Crippen molar-refractivity contribution in [2.45, 2.75) is 231 Å². The van der Waals surface area contributed by atoms with Crippen molar-refractivity contribution in [2.24, 2.45) is 23.7 Å². The van der Waals surface area contributed by atoms with E-state index in [1.54, 1.807) is 6.92 Å². The molecule has 4 aliphatic rings. The molecule has 0 aromatic heterocycles. The van der Waals surface area contributed by atoms with Gasteiger partial charge in [0.1, 0.15) is 18.3 Å². The molecule has 2 N–H and O–H groups in total. The Kier molecular flexibility index (Phi) is 19.0. The van der Waals surface area contributed by atoms with E-state index in [1.165, 1.54) is 0 Å². The van der Waals surface area contributed by atoms with E-state index in [2.05, 4.69) is 0 Å². The zero-order valence-corrected chi connectivity index (χ0v) is 35.9. The summed E-state index contributed by atoms with van der Waals surface area (Å²) in [5.74, 6) is -3.62. The van der Waals surface area contributed by atoms with Crippen molar-refractivity contribution in [3.63, 3.8) is 0 Å². The van der Waals surface area contributed by atoms with Crippen molar-refractivity contribution in [1.82, 2.24) is 0 Å². The summed E-state index contributed by atoms with van der Waals surface area (Å²) in [6.07, 6.45) is 8.01. The van der Waals surface area contributed by atoms with Gasteiger partial charge in [-0.25, -0.2) is 0 Å². The van der Waals surface area contributed by atoms with Gasteiger partial charge in [0, 0.05) is 19.3 Å². The molecule has 328 valence electrons. The lowest BCUT2D eigenvalue weighted by Crippen LogP contribution is -2.34. The number of carboxylic acid groups (broad SMARTS) is 1. The Morgan fingerprint density at radius 2 is 0.754 bits per heavy atom. The summed E-state index contributed by atoms with van der Waals surface area (Å²) in [4.78, 5) is 51.0. The molecule has 4 rings (SSSR count). The number of carbonyl (C=O) groups is 4. The lowest BCUT2D eigenvalue weighted by molar-refractivity contribution is -0.162. The number of rotatable bonds is 23. The van der Waals surface area contributed by atoms with E-state index in [0.29, 0.717) is 64.2 Å². The lowest BCUT2D eigenvalue weighted by Gasteiger charge is -2.26. The van der Waals surface area contributed by atoms with Crippen LogP contribution in [0.3, 0.4) is 0 Å². The molecule has 16 atom stereocenters. The molecule has 13 heteroatoms. The first kappa shape index (κ1) is 47.4. The molecule has 0 bridgehead atoms. The van der Waals surface area contributed by atoms with E-state index < -0.39 is 29.6 Å². The smallest absolute Gasteiger partial charge is 0.311 e. The lowest BCUT2D eigenvalue weighted by atomic mass is 9.99. The van der Waals surface area contributed by atoms with Gasteiger partial charge in [-0.15, -0.1) is 0 Å². The average molecular weight is 811 g/mol. The second-order valence-corrected chi connectivity index (χ2v) is 17.4. The van der Waals surface area contributed by atoms with Crippen LogP contribution in [0, 0.1) is 23.7 Å². The maximum atomic E-state index is 13.4. The number of carbonyl (C=O) groups excluding carboxylic acids is 3. The molecule has 0 aliphatic carbocycles. The number of aliphatic carboxylic acids is 1. The van der Waals surface area contributed by atoms with Crippen LogP contribution < -0.4 is 0 Å². The van der Waals surface area contributed by atoms with E-state index in [4.69, 9.17) is 33.2 Å². The first-order valence-electron chi connectivity index (χ1n) is 22.3. The van der Waals surface area contributed by atoms with Gasteiger partial charge in [-0.1, -0.05) is 27.7 Å². The first-order valence-corrected chi connectivity index (χ1v) is 22.3. The predicted molar refractivity (Wildman–Crippen MR) is 211 cm³/mol. The van der Waals surface area contributed by atoms with Crippen LogP contribution >= 0.6 is 0 Å². The minimum Gasteiger partial charge on any atom is -0.481 e. The fourth-order valence-corrected chi connectivity index (χ4v) is 8.77. The second-order valence-electron chi connectivity index (χ2n) is 17.4. The number of ether oxygens (including phenoxy) is 7. The number of esters is 3. The Bertz CT molecular complexity index is 1280. The molecule has 0 aromatic rings. The third-order valence-corrected chi connectivity index (χ3v) is 13.1. The van der Waals surface area contributed by atoms with Crippen molar-refractivity contribution in [1.29, 1.82) is 0 Å². The summed E-state index contributed by atoms with van der Waals surface area (Å²) in [6, 6.07) is 0. The van der Waals surface area contributed by atoms with Crippen molar-refractivity contribution >= 4 is 23.9 Å². The van der Waals surface area contributed by atoms with E-state index in [1.807, 2.05) is 48.5 Å². The van der Waals surface area contributed by atoms with Crippen LogP contribution in [0.15, 0.2) is 0 Å². The molecule has 4 saturated heterocycles. The summed E-state index contributed by atoms with van der Waals surface area (Å²) in [5.41, 5.74) is 0. The van der Waals surface area contributed by atoms with E-state index >= 15 is 0 Å². The van der Waals surface area contributed by atoms with Gasteiger partial charge in [0.15, 0.2) is 0 Å². The Morgan fingerprint density at radius 1 is 0.474 bits per heavy atom. The van der Waals surface area contributed by atoms with E-state index in [0.717, 1.165) is 38.5 Å². The summed E-state index contributed by atoms with van der Waals surface area (Å²) in [7, 11) is 0. The standard InChI is InChI=1S/C44H74O13/c1-9-29(45)21-33-13-18-38(51-33)26(6)42(48)56-31(11-3)23-35-15-20-40(53-35)28(8)44(50)57-32(12-4)24-36-16-19-39(54-36)27(7)43(49)55-30(10-2)22-34-14-17-37(52-34)25(5)41(46)47/h25-40,45H,9-24H2,1-8H3,(H,46,47). The van der Waals surface area contributed by atoms with Gasteiger partial charge in [-0.05, 0) is 111 Å². The molecule has 0 radical (unpaired) electrons. The average Bonchev–Trinajstić information content (AvgIpc) is 4.04. The summed E-state index contributed by atoms with van der Waals surface area (Å²) in [5, 5.41) is 19.3. The van der Waals surface area contributed by atoms with E-state index in [9.17, 15) is 29.4 Å². The molecule has 0 amide bonds. The normalized spacial score (nSPS) is 31.8. The van der Waals surface area contributed by atoms with Gasteiger partial charge in [-0.3, -0.25) is 19.2 Å². The third-order valence-electron chi connectivity index (χ3n) is 13.1. The maximum Gasteiger partial charge on any atom is 0.311 e. The highest BCUT2D eigenvalue weighted by molar-refractivity contribution is 5.74. The number of hydrogen-bond donors (Lipinski definition) is 2. The zero-order chi connectivity index (χ0) is 41.8. The van der Waals surface area contributed by atoms with Crippen LogP contribution in [-0.2, 0) is 52.3 Å². The summed E-state index contributed by atoms with van der Waals surface area (Å²) < 4.78 is 42.7. The van der Waals surface area contributed by atoms with Crippen LogP contribution in [-0.4, -0.2) is 107 Å². The predicted octanol–water partition coefficient (Wildman–Crippen LogP) is 7.10. The van der Waals surface area contributed by atoms with Gasteiger partial charge < -0.3 is 43.4 Å². The van der Waals surface area contributed by atoms with Crippen LogP contribution in [0.1, 0.15) is 158 Å². The monoisotopic (exact) mass is 811 g/mol. The SMILES string of the molecule is CCC(O)CC1CCC(C(C)C(=O)OC(CC)CC2CCC(C(C)C(=O)OC(CC)CC3CCC(C(C)C(=O)OC(CC)CC4CCC(C(C)C(=O)O)O4)O3)O2)O1. The Balaban J connectivity index is 1.16. The van der Waals surface area contributed by atoms with Crippen molar-refractivity contribution in [3.8, 4) is 0 Å². The zero-order valence-electron chi connectivity index (χ0n) is 35.9. The Morgan fingerprint density at radius 3 is 1.02 bits per heavy atom. The molecule has 4 fully saturated rings. The molecule has 16 unspecified atom stereocenters. The summed E-state index contributed by atoms with van der Waals surface area (Å²) in [6.45, 7) is 15.1. The molecule has 0 spiro atoms. The van der Waals surface area contributed by atoms with Crippen molar-refractivity contribution in [3.05, 3.63) is 0 Å². The molecular formula is C44H74O13. The van der Waals surface area contributed by atoms with Crippen LogP contribution in [0.2, 0.25) is 0 Å². The molecule has 0 saturated carbocycles. The van der Waals surface area contributed by atoms with Gasteiger partial charge in [0.2, 0.25) is 0 Å². The van der Waals surface area contributed by atoms with Crippen molar-refractivity contribution < 1.29 is 62.5 Å². The number of carboxylic acids is 1. The molecule has 0 aromatic carbocycles. The molecule has 13 nitrogen and oxygen atoms in total. The largest absolute Gasteiger partial charge is 0.481 e. The van der Waals surface area contributed by atoms with Crippen LogP contribution in [0.25, 0.3) is 0 Å². The molecule has 57 heavy (non-hydrogen) atoms. The minimum atomic E-state index is -0.867. The molecule has 4 aliphatic heterocycles. The quantitative estimate of drug-likeness (QED) is 0.0791. The van der Waals surface area contributed by atoms with Crippen molar-refractivity contribution in [2.75, 3.05) is 0 Å². The fraction of sp³-hybridized carbons (Fsp3) is 0.909. The Labute approximate surface area is 340 Å². The van der Waals surface area contributed by atoms with E-state index in [-0.39, 0.29) is 91.2 Å². The van der Waals surface area contributed by atoms with Crippen LogP contribution in [0.4, 0.5) is 0 Å². The first-order chi connectivity index (χ1) is 27.1. The maximum absolute atomic E-state index is 13.4.